The number of furan rings is 1. The number of carbonyl (C=O) groups is 2. The number of ketones is 1. The Kier molecular flexibility index (Phi) is 4.77. The summed E-state index contributed by atoms with van der Waals surface area (Å²) in [4.78, 5) is 28.0. The molecule has 27 heavy (non-hydrogen) atoms. The monoisotopic (exact) mass is 381 g/mol. The van der Waals surface area contributed by atoms with Crippen molar-refractivity contribution in [2.75, 3.05) is 13.1 Å². The van der Waals surface area contributed by atoms with Crippen molar-refractivity contribution in [2.45, 2.75) is 31.3 Å². The van der Waals surface area contributed by atoms with Gasteiger partial charge in [0.25, 0.3) is 0 Å². The molecular weight excluding hydrogens is 362 g/mol. The largest absolute Gasteiger partial charge is 0.461 e. The molecule has 3 atom stereocenters. The Balaban J connectivity index is 1.53. The van der Waals surface area contributed by atoms with Crippen LogP contribution in [-0.2, 0) is 16.0 Å². The molecule has 0 radical (unpaired) electrons. The van der Waals surface area contributed by atoms with Crippen LogP contribution >= 0.6 is 12.2 Å². The maximum absolute atomic E-state index is 13.0. The van der Waals surface area contributed by atoms with Crippen LogP contribution in [0.5, 0.6) is 0 Å². The van der Waals surface area contributed by atoms with Gasteiger partial charge in [0, 0.05) is 23.3 Å². The number of likely N-dealkylation sites (tertiary alicyclic amines) is 1. The van der Waals surface area contributed by atoms with E-state index in [4.69, 9.17) is 16.6 Å². The van der Waals surface area contributed by atoms with Crippen molar-refractivity contribution in [3.63, 3.8) is 0 Å². The Morgan fingerprint density at radius 1 is 1.37 bits per heavy atom. The van der Waals surface area contributed by atoms with Gasteiger partial charge in [-0.05, 0) is 25.0 Å². The van der Waals surface area contributed by atoms with Crippen molar-refractivity contribution in [3.05, 3.63) is 36.1 Å². The van der Waals surface area contributed by atoms with Crippen molar-refractivity contribution in [1.82, 2.24) is 10.2 Å². The number of fused-ring (bicyclic) bond motifs is 1. The Morgan fingerprint density at radius 2 is 2.19 bits per heavy atom. The molecule has 7 heteroatoms. The third-order valence-corrected chi connectivity index (χ3v) is 5.70. The molecular formula is C20H19N3O3S. The average Bonchev–Trinajstić information content (AvgIpc) is 3.37. The van der Waals surface area contributed by atoms with Gasteiger partial charge in [0.05, 0.1) is 18.4 Å². The summed E-state index contributed by atoms with van der Waals surface area (Å²) >= 11 is 5.38. The topological polar surface area (TPSA) is 86.3 Å². The lowest BCUT2D eigenvalue weighted by molar-refractivity contribution is -0.136. The zero-order valence-electron chi connectivity index (χ0n) is 14.7. The molecule has 2 aliphatic rings. The molecule has 1 aromatic heterocycles. The zero-order chi connectivity index (χ0) is 19.0. The van der Waals surface area contributed by atoms with E-state index in [9.17, 15) is 14.9 Å². The summed E-state index contributed by atoms with van der Waals surface area (Å²) in [5.41, 5.74) is 0.731. The van der Waals surface area contributed by atoms with Gasteiger partial charge in [0.2, 0.25) is 5.91 Å². The Labute approximate surface area is 162 Å². The van der Waals surface area contributed by atoms with Gasteiger partial charge in [0.15, 0.2) is 5.78 Å². The lowest BCUT2D eigenvalue weighted by atomic mass is 9.92. The normalized spacial score (nSPS) is 25.1. The van der Waals surface area contributed by atoms with E-state index in [1.807, 2.05) is 30.3 Å². The van der Waals surface area contributed by atoms with Gasteiger partial charge in [-0.2, -0.15) is 5.26 Å². The standard InChI is InChI=1S/C20H19N3O3S/c21-10-13-5-3-7-23(13)20(25)19-18(17(27)11-22-19)15(24)9-14-8-12-4-1-2-6-16(12)26-14/h1-2,4,6,8,13,18-19,22H,3,5,7,9,11H2/t13-,18?,19-/m0/s1. The quantitative estimate of drug-likeness (QED) is 0.816. The van der Waals surface area contributed by atoms with Gasteiger partial charge in [-0.3, -0.25) is 9.59 Å². The molecule has 3 heterocycles. The number of para-hydroxylation sites is 1. The van der Waals surface area contributed by atoms with Crippen molar-refractivity contribution in [3.8, 4) is 6.07 Å². The van der Waals surface area contributed by atoms with E-state index in [0.717, 1.165) is 17.4 Å². The number of thiocarbonyl (C=S) groups is 1. The highest BCUT2D eigenvalue weighted by molar-refractivity contribution is 7.80. The maximum atomic E-state index is 13.0. The molecule has 1 aromatic carbocycles. The summed E-state index contributed by atoms with van der Waals surface area (Å²) < 4.78 is 5.74. The highest BCUT2D eigenvalue weighted by atomic mass is 32.1. The highest BCUT2D eigenvalue weighted by Gasteiger charge is 2.44. The van der Waals surface area contributed by atoms with Gasteiger partial charge in [0.1, 0.15) is 23.4 Å². The van der Waals surface area contributed by atoms with Crippen LogP contribution in [0.3, 0.4) is 0 Å². The van der Waals surface area contributed by atoms with Crippen molar-refractivity contribution in [1.29, 1.82) is 5.26 Å². The number of hydrogen-bond donors (Lipinski definition) is 1. The maximum Gasteiger partial charge on any atom is 0.241 e. The molecule has 2 saturated heterocycles. The van der Waals surface area contributed by atoms with Gasteiger partial charge in [-0.15, -0.1) is 0 Å². The number of nitriles is 1. The molecule has 2 aliphatic heterocycles. The van der Waals surface area contributed by atoms with Crippen molar-refractivity contribution >= 4 is 39.7 Å². The number of amides is 1. The first kappa shape index (κ1) is 17.8. The molecule has 0 saturated carbocycles. The molecule has 1 unspecified atom stereocenters. The Hall–Kier alpha value is -2.56. The van der Waals surface area contributed by atoms with Crippen molar-refractivity contribution in [2.24, 2.45) is 5.92 Å². The van der Waals surface area contributed by atoms with Crippen LogP contribution in [0.25, 0.3) is 11.0 Å². The van der Waals surface area contributed by atoms with E-state index in [0.29, 0.717) is 30.1 Å². The van der Waals surface area contributed by atoms with Crippen molar-refractivity contribution < 1.29 is 14.0 Å². The number of benzene rings is 1. The number of hydrogen-bond acceptors (Lipinski definition) is 6. The molecule has 2 aromatic rings. The third-order valence-electron chi connectivity index (χ3n) is 5.30. The number of rotatable bonds is 4. The second-order valence-corrected chi connectivity index (χ2v) is 7.54. The van der Waals surface area contributed by atoms with Gasteiger partial charge in [-0.1, -0.05) is 30.4 Å². The SMILES string of the molecule is N#C[C@@H]1CCCN1C(=O)[C@H]1NCC(=S)C1C(=O)Cc1cc2ccccc2o1. The molecule has 0 bridgehead atoms. The second-order valence-electron chi connectivity index (χ2n) is 7.01. The van der Waals surface area contributed by atoms with E-state index < -0.39 is 18.0 Å². The first-order valence-electron chi connectivity index (χ1n) is 9.05. The van der Waals surface area contributed by atoms with Gasteiger partial charge in [-0.25, -0.2) is 0 Å². The average molecular weight is 381 g/mol. The van der Waals surface area contributed by atoms with Crippen LogP contribution in [-0.4, -0.2) is 46.6 Å². The van der Waals surface area contributed by atoms with E-state index >= 15 is 0 Å². The minimum absolute atomic E-state index is 0.0899. The fourth-order valence-electron chi connectivity index (χ4n) is 3.97. The Morgan fingerprint density at radius 3 is 2.96 bits per heavy atom. The number of carbonyl (C=O) groups excluding carboxylic acids is 2. The second kappa shape index (κ2) is 7.22. The van der Waals surface area contributed by atoms with Crippen LogP contribution in [0.1, 0.15) is 18.6 Å². The molecule has 1 N–H and O–H groups in total. The van der Waals surface area contributed by atoms with Crippen LogP contribution in [0.2, 0.25) is 0 Å². The van der Waals surface area contributed by atoms with E-state index in [-0.39, 0.29) is 18.1 Å². The lowest BCUT2D eigenvalue weighted by Crippen LogP contribution is -2.49. The minimum Gasteiger partial charge on any atom is -0.461 e. The smallest absolute Gasteiger partial charge is 0.241 e. The van der Waals surface area contributed by atoms with Crippen LogP contribution in [0.15, 0.2) is 34.7 Å². The fourth-order valence-corrected chi connectivity index (χ4v) is 4.32. The summed E-state index contributed by atoms with van der Waals surface area (Å²) in [5, 5.41) is 13.3. The molecule has 4 rings (SSSR count). The van der Waals surface area contributed by atoms with E-state index in [2.05, 4.69) is 11.4 Å². The van der Waals surface area contributed by atoms with Crippen LogP contribution < -0.4 is 5.32 Å². The van der Waals surface area contributed by atoms with E-state index in [1.165, 1.54) is 0 Å². The Bertz CT molecular complexity index is 928. The molecule has 1 amide bonds. The third kappa shape index (κ3) is 3.27. The first-order valence-corrected chi connectivity index (χ1v) is 9.45. The molecule has 2 fully saturated rings. The van der Waals surface area contributed by atoms with E-state index in [1.54, 1.807) is 4.90 Å². The summed E-state index contributed by atoms with van der Waals surface area (Å²) in [7, 11) is 0. The predicted octanol–water partition coefficient (Wildman–Crippen LogP) is 2.02. The number of nitrogens with one attached hydrogen (secondary N) is 1. The molecule has 0 aliphatic carbocycles. The summed E-state index contributed by atoms with van der Waals surface area (Å²) in [6, 6.07) is 10.5. The highest BCUT2D eigenvalue weighted by Crippen LogP contribution is 2.25. The van der Waals surface area contributed by atoms with Crippen LogP contribution in [0.4, 0.5) is 0 Å². The van der Waals surface area contributed by atoms with Gasteiger partial charge >= 0.3 is 0 Å². The number of Topliss-reactive ketones (excluding diaryl/α,β-unsaturated/α-hetero) is 1. The summed E-state index contributed by atoms with van der Waals surface area (Å²) in [6.07, 6.45) is 1.57. The minimum atomic E-state index is -0.691. The number of nitrogens with zero attached hydrogens (tertiary/aromatic N) is 2. The first-order chi connectivity index (χ1) is 13.1. The van der Waals surface area contributed by atoms with Crippen LogP contribution in [0, 0.1) is 17.2 Å². The fraction of sp³-hybridized carbons (Fsp3) is 0.400. The summed E-state index contributed by atoms with van der Waals surface area (Å²) in [5.74, 6) is -0.434. The lowest BCUT2D eigenvalue weighted by Gasteiger charge is -2.26. The predicted molar refractivity (Wildman–Crippen MR) is 103 cm³/mol. The molecule has 138 valence electrons. The zero-order valence-corrected chi connectivity index (χ0v) is 15.5. The molecule has 0 spiro atoms. The summed E-state index contributed by atoms with van der Waals surface area (Å²) in [6.45, 7) is 0.903. The molecule has 6 nitrogen and oxygen atoms in total. The van der Waals surface area contributed by atoms with Gasteiger partial charge < -0.3 is 14.6 Å².